The average Bonchev–Trinajstić information content (AvgIpc) is 2.89. The number of rotatable bonds is 4. The minimum absolute atomic E-state index is 0.119. The SMILES string of the molecule is O=C(CN1C(=O)NC2(CCCC2)C1=O)NCCO. The molecular formula is C11H17N3O4. The molecule has 0 aromatic carbocycles. The van der Waals surface area contributed by atoms with Crippen LogP contribution in [0.2, 0.25) is 0 Å². The maximum Gasteiger partial charge on any atom is 0.325 e. The molecule has 0 aromatic heterocycles. The fourth-order valence-corrected chi connectivity index (χ4v) is 2.53. The molecule has 1 heterocycles. The summed E-state index contributed by atoms with van der Waals surface area (Å²) in [6.45, 7) is -0.337. The lowest BCUT2D eigenvalue weighted by atomic mass is 9.98. The standard InChI is InChI=1S/C11H17N3O4/c15-6-5-12-8(16)7-14-9(17)11(13-10(14)18)3-1-2-4-11/h15H,1-7H2,(H,12,16)(H,13,18). The quantitative estimate of drug-likeness (QED) is 0.559. The molecular weight excluding hydrogens is 238 g/mol. The zero-order chi connectivity index (χ0) is 13.2. The molecule has 4 amide bonds. The lowest BCUT2D eigenvalue weighted by Gasteiger charge is -2.19. The summed E-state index contributed by atoms with van der Waals surface area (Å²) in [6.07, 6.45) is 3.12. The van der Waals surface area contributed by atoms with Crippen molar-refractivity contribution >= 4 is 17.8 Å². The van der Waals surface area contributed by atoms with Gasteiger partial charge in [-0.3, -0.25) is 14.5 Å². The largest absolute Gasteiger partial charge is 0.395 e. The van der Waals surface area contributed by atoms with Crippen LogP contribution in [0.1, 0.15) is 25.7 Å². The van der Waals surface area contributed by atoms with E-state index in [1.165, 1.54) is 0 Å². The van der Waals surface area contributed by atoms with E-state index in [1.807, 2.05) is 0 Å². The third-order valence-electron chi connectivity index (χ3n) is 3.44. The van der Waals surface area contributed by atoms with Crippen LogP contribution >= 0.6 is 0 Å². The Kier molecular flexibility index (Phi) is 3.51. The number of carbonyl (C=O) groups is 3. The first-order chi connectivity index (χ1) is 8.59. The number of hydrogen-bond donors (Lipinski definition) is 3. The third-order valence-corrected chi connectivity index (χ3v) is 3.44. The molecule has 1 aliphatic heterocycles. The summed E-state index contributed by atoms with van der Waals surface area (Å²) in [4.78, 5) is 36.3. The van der Waals surface area contributed by atoms with Gasteiger partial charge in [0.2, 0.25) is 5.91 Å². The number of imide groups is 1. The second-order valence-electron chi connectivity index (χ2n) is 4.68. The Bertz CT molecular complexity index is 376. The van der Waals surface area contributed by atoms with Crippen LogP contribution in [-0.2, 0) is 9.59 Å². The number of hydrogen-bond acceptors (Lipinski definition) is 4. The number of nitrogens with zero attached hydrogens (tertiary/aromatic N) is 1. The Labute approximate surface area is 105 Å². The van der Waals surface area contributed by atoms with Crippen LogP contribution in [0.5, 0.6) is 0 Å². The number of amides is 4. The first-order valence-electron chi connectivity index (χ1n) is 6.11. The normalized spacial score (nSPS) is 21.5. The second kappa shape index (κ2) is 4.93. The molecule has 18 heavy (non-hydrogen) atoms. The van der Waals surface area contributed by atoms with Crippen molar-refractivity contribution < 1.29 is 19.5 Å². The van der Waals surface area contributed by atoms with E-state index in [0.29, 0.717) is 12.8 Å². The van der Waals surface area contributed by atoms with Gasteiger partial charge in [0.25, 0.3) is 5.91 Å². The van der Waals surface area contributed by atoms with Crippen LogP contribution in [0.4, 0.5) is 4.79 Å². The summed E-state index contributed by atoms with van der Waals surface area (Å²) in [6, 6.07) is -0.499. The lowest BCUT2D eigenvalue weighted by Crippen LogP contribution is -2.45. The molecule has 1 spiro atoms. The zero-order valence-corrected chi connectivity index (χ0v) is 10.1. The smallest absolute Gasteiger partial charge is 0.325 e. The van der Waals surface area contributed by atoms with Gasteiger partial charge in [-0.1, -0.05) is 12.8 Å². The van der Waals surface area contributed by atoms with Crippen molar-refractivity contribution in [3.8, 4) is 0 Å². The van der Waals surface area contributed by atoms with E-state index in [9.17, 15) is 14.4 Å². The summed E-state index contributed by atoms with van der Waals surface area (Å²) in [5, 5.41) is 13.7. The van der Waals surface area contributed by atoms with Gasteiger partial charge in [-0.25, -0.2) is 4.79 Å². The van der Waals surface area contributed by atoms with E-state index in [-0.39, 0.29) is 25.6 Å². The van der Waals surface area contributed by atoms with Crippen molar-refractivity contribution in [2.45, 2.75) is 31.2 Å². The molecule has 0 bridgehead atoms. The molecule has 1 saturated carbocycles. The highest BCUT2D eigenvalue weighted by atomic mass is 16.3. The van der Waals surface area contributed by atoms with Crippen LogP contribution in [0, 0.1) is 0 Å². The van der Waals surface area contributed by atoms with Gasteiger partial charge in [-0.05, 0) is 12.8 Å². The van der Waals surface area contributed by atoms with E-state index >= 15 is 0 Å². The van der Waals surface area contributed by atoms with Crippen LogP contribution < -0.4 is 10.6 Å². The first kappa shape index (κ1) is 12.8. The fraction of sp³-hybridized carbons (Fsp3) is 0.727. The van der Waals surface area contributed by atoms with Gasteiger partial charge in [0.15, 0.2) is 0 Å². The summed E-state index contributed by atoms with van der Waals surface area (Å²) < 4.78 is 0. The molecule has 0 aromatic rings. The Morgan fingerprint density at radius 1 is 1.39 bits per heavy atom. The molecule has 2 aliphatic rings. The molecule has 0 unspecified atom stereocenters. The van der Waals surface area contributed by atoms with E-state index < -0.39 is 17.5 Å². The van der Waals surface area contributed by atoms with E-state index in [1.54, 1.807) is 0 Å². The van der Waals surface area contributed by atoms with Crippen LogP contribution in [0.15, 0.2) is 0 Å². The topological polar surface area (TPSA) is 98.7 Å². The Morgan fingerprint density at radius 2 is 2.06 bits per heavy atom. The molecule has 7 nitrogen and oxygen atoms in total. The third kappa shape index (κ3) is 2.17. The van der Waals surface area contributed by atoms with Crippen LogP contribution in [0.25, 0.3) is 0 Å². The number of carbonyl (C=O) groups excluding carboxylic acids is 3. The number of aliphatic hydroxyl groups is 1. The van der Waals surface area contributed by atoms with E-state index in [4.69, 9.17) is 5.11 Å². The molecule has 3 N–H and O–H groups in total. The molecule has 1 saturated heterocycles. The minimum atomic E-state index is -0.770. The van der Waals surface area contributed by atoms with Crippen molar-refractivity contribution in [2.75, 3.05) is 19.7 Å². The number of urea groups is 1. The maximum absolute atomic E-state index is 12.2. The van der Waals surface area contributed by atoms with Crippen molar-refractivity contribution in [3.63, 3.8) is 0 Å². The summed E-state index contributed by atoms with van der Waals surface area (Å²) >= 11 is 0. The molecule has 0 atom stereocenters. The second-order valence-corrected chi connectivity index (χ2v) is 4.68. The Hall–Kier alpha value is -1.63. The van der Waals surface area contributed by atoms with Crippen molar-refractivity contribution in [1.82, 2.24) is 15.5 Å². The monoisotopic (exact) mass is 255 g/mol. The molecule has 2 rings (SSSR count). The lowest BCUT2D eigenvalue weighted by molar-refractivity contribution is -0.134. The zero-order valence-electron chi connectivity index (χ0n) is 10.1. The Morgan fingerprint density at radius 3 is 2.67 bits per heavy atom. The summed E-state index contributed by atoms with van der Waals surface area (Å²) in [5.74, 6) is -0.744. The van der Waals surface area contributed by atoms with Crippen molar-refractivity contribution in [3.05, 3.63) is 0 Å². The van der Waals surface area contributed by atoms with Gasteiger partial charge in [0, 0.05) is 6.54 Å². The van der Waals surface area contributed by atoms with Crippen molar-refractivity contribution in [2.24, 2.45) is 0 Å². The van der Waals surface area contributed by atoms with E-state index in [0.717, 1.165) is 17.7 Å². The highest BCUT2D eigenvalue weighted by Crippen LogP contribution is 2.34. The minimum Gasteiger partial charge on any atom is -0.395 e. The molecule has 2 fully saturated rings. The van der Waals surface area contributed by atoms with Gasteiger partial charge >= 0.3 is 6.03 Å². The van der Waals surface area contributed by atoms with Crippen LogP contribution in [0.3, 0.4) is 0 Å². The molecule has 1 aliphatic carbocycles. The molecule has 100 valence electrons. The van der Waals surface area contributed by atoms with Gasteiger partial charge in [-0.15, -0.1) is 0 Å². The average molecular weight is 255 g/mol. The highest BCUT2D eigenvalue weighted by molar-refractivity contribution is 6.09. The highest BCUT2D eigenvalue weighted by Gasteiger charge is 2.52. The van der Waals surface area contributed by atoms with Crippen molar-refractivity contribution in [1.29, 1.82) is 0 Å². The summed E-state index contributed by atoms with van der Waals surface area (Å²) in [5.41, 5.74) is -0.770. The van der Waals surface area contributed by atoms with E-state index in [2.05, 4.69) is 10.6 Å². The first-order valence-corrected chi connectivity index (χ1v) is 6.11. The number of nitrogens with one attached hydrogen (secondary N) is 2. The summed E-state index contributed by atoms with van der Waals surface area (Å²) in [7, 11) is 0. The van der Waals surface area contributed by atoms with Crippen LogP contribution in [-0.4, -0.2) is 53.1 Å². The van der Waals surface area contributed by atoms with Gasteiger partial charge in [0.1, 0.15) is 12.1 Å². The predicted molar refractivity (Wildman–Crippen MR) is 61.5 cm³/mol. The molecule has 7 heteroatoms. The number of aliphatic hydroxyl groups excluding tert-OH is 1. The maximum atomic E-state index is 12.2. The molecule has 0 radical (unpaired) electrons. The Balaban J connectivity index is 1.99. The van der Waals surface area contributed by atoms with Gasteiger partial charge in [0.05, 0.1) is 6.61 Å². The fourth-order valence-electron chi connectivity index (χ4n) is 2.53. The van der Waals surface area contributed by atoms with Gasteiger partial charge < -0.3 is 15.7 Å². The predicted octanol–water partition coefficient (Wildman–Crippen LogP) is -1.04. The van der Waals surface area contributed by atoms with Gasteiger partial charge in [-0.2, -0.15) is 0 Å².